The summed E-state index contributed by atoms with van der Waals surface area (Å²) < 4.78 is 11.9. The average Bonchev–Trinajstić information content (AvgIpc) is 1.81. The highest BCUT2D eigenvalue weighted by molar-refractivity contribution is 9.10. The van der Waals surface area contributed by atoms with E-state index in [1.54, 1.807) is 6.08 Å². The molecule has 0 saturated carbocycles. The first-order valence-corrected chi connectivity index (χ1v) is 4.14. The van der Waals surface area contributed by atoms with Gasteiger partial charge >= 0.3 is 0 Å². The van der Waals surface area contributed by atoms with E-state index in [1.165, 1.54) is 12.2 Å². The van der Waals surface area contributed by atoms with Gasteiger partial charge in [0.05, 0.1) is 0 Å². The van der Waals surface area contributed by atoms with E-state index in [0.717, 1.165) is 0 Å². The Morgan fingerprint density at radius 3 is 2.80 bits per heavy atom. The van der Waals surface area contributed by atoms with Gasteiger partial charge in [0.25, 0.3) is 0 Å². The maximum atomic E-state index is 12.5. The molecule has 0 radical (unpaired) electrons. The Labute approximate surface area is 72.9 Å². The monoisotopic (exact) mass is 224 g/mol. The Kier molecular flexibility index (Phi) is 2.21. The smallest absolute Gasteiger partial charge is 0.124 e. The van der Waals surface area contributed by atoms with Crippen LogP contribution in [0.25, 0.3) is 0 Å². The molecule has 0 nitrogen and oxygen atoms in total. The predicted molar refractivity (Wildman–Crippen MR) is 45.0 cm³/mol. The van der Waals surface area contributed by atoms with Crippen LogP contribution in [0.5, 0.6) is 0 Å². The van der Waals surface area contributed by atoms with Gasteiger partial charge in [-0.3, -0.25) is 0 Å². The summed E-state index contributed by atoms with van der Waals surface area (Å²) in [4.78, 5) is 0. The van der Waals surface area contributed by atoms with Crippen LogP contribution in [0.15, 0.2) is 24.1 Å². The van der Waals surface area contributed by atoms with E-state index in [9.17, 15) is 4.39 Å². The fourth-order valence-electron chi connectivity index (χ4n) is 0.748. The second-order valence-corrected chi connectivity index (χ2v) is 4.74. The van der Waals surface area contributed by atoms with Crippen LogP contribution in [-0.2, 0) is 0 Å². The van der Waals surface area contributed by atoms with Crippen LogP contribution < -0.4 is 0 Å². The molecule has 3 heteroatoms. The lowest BCUT2D eigenvalue weighted by molar-refractivity contribution is 0.610. The van der Waals surface area contributed by atoms with Crippen LogP contribution in [0.4, 0.5) is 4.39 Å². The van der Waals surface area contributed by atoms with Crippen molar-refractivity contribution in [3.8, 4) is 0 Å². The Balaban J connectivity index is 2.84. The normalized spacial score (nSPS) is 39.6. The molecule has 10 heavy (non-hydrogen) atoms. The summed E-state index contributed by atoms with van der Waals surface area (Å²) in [5.41, 5.74) is 0. The number of hydrogen-bond donors (Lipinski definition) is 0. The van der Waals surface area contributed by atoms with E-state index in [-0.39, 0.29) is 11.7 Å². The summed E-state index contributed by atoms with van der Waals surface area (Å²) in [6.07, 6.45) is 4.46. The highest BCUT2D eigenvalue weighted by atomic mass is 79.9. The summed E-state index contributed by atoms with van der Waals surface area (Å²) in [5.74, 6) is -0.234. The number of alkyl halides is 2. The van der Waals surface area contributed by atoms with Crippen molar-refractivity contribution < 1.29 is 4.39 Å². The third-order valence-corrected chi connectivity index (χ3v) is 2.94. The quantitative estimate of drug-likeness (QED) is 0.555. The molecule has 0 N–H and O–H groups in total. The van der Waals surface area contributed by atoms with E-state index in [1.807, 2.05) is 6.92 Å². The fourth-order valence-corrected chi connectivity index (χ4v) is 1.14. The Morgan fingerprint density at radius 2 is 2.40 bits per heavy atom. The van der Waals surface area contributed by atoms with Crippen molar-refractivity contribution in [3.63, 3.8) is 0 Å². The van der Waals surface area contributed by atoms with Crippen molar-refractivity contribution in [3.05, 3.63) is 24.1 Å². The second-order valence-electron chi connectivity index (χ2n) is 2.35. The van der Waals surface area contributed by atoms with Gasteiger partial charge < -0.3 is 0 Å². The van der Waals surface area contributed by atoms with Gasteiger partial charge in [-0.25, -0.2) is 4.39 Å². The molecule has 0 bridgehead atoms. The van der Waals surface area contributed by atoms with Crippen LogP contribution in [-0.4, -0.2) is 3.78 Å². The molecule has 0 aromatic heterocycles. The van der Waals surface area contributed by atoms with Gasteiger partial charge in [0.2, 0.25) is 0 Å². The van der Waals surface area contributed by atoms with Gasteiger partial charge in [-0.05, 0) is 18.2 Å². The molecular formula is C7H7BrClF. The van der Waals surface area contributed by atoms with Crippen molar-refractivity contribution in [2.24, 2.45) is 5.92 Å². The van der Waals surface area contributed by atoms with Crippen molar-refractivity contribution in [1.82, 2.24) is 0 Å². The van der Waals surface area contributed by atoms with Crippen molar-refractivity contribution >= 4 is 27.5 Å². The molecule has 1 aliphatic carbocycles. The molecule has 0 fully saturated rings. The van der Waals surface area contributed by atoms with Crippen LogP contribution >= 0.6 is 27.5 Å². The minimum atomic E-state index is -0.595. The Bertz CT molecular complexity index is 196. The largest absolute Gasteiger partial charge is 0.207 e. The summed E-state index contributed by atoms with van der Waals surface area (Å²) in [5, 5.41) is 0. The lowest BCUT2D eigenvalue weighted by atomic mass is 10.0. The van der Waals surface area contributed by atoms with Crippen LogP contribution in [0.1, 0.15) is 6.92 Å². The number of rotatable bonds is 0. The van der Waals surface area contributed by atoms with Gasteiger partial charge in [0, 0.05) is 5.92 Å². The lowest BCUT2D eigenvalue weighted by Gasteiger charge is -2.23. The first kappa shape index (κ1) is 8.28. The standard InChI is InChI=1S/C7H7BrClF/c1-5-4-6(10)2-3-7(5,8)9/h2-5H,1H3. The third kappa shape index (κ3) is 1.61. The molecule has 0 aromatic rings. The molecule has 0 aliphatic heterocycles. The number of allylic oxidation sites excluding steroid dienone is 4. The van der Waals surface area contributed by atoms with E-state index in [0.29, 0.717) is 0 Å². The van der Waals surface area contributed by atoms with Gasteiger partial charge in [0.15, 0.2) is 0 Å². The molecule has 0 amide bonds. The van der Waals surface area contributed by atoms with Gasteiger partial charge in [-0.1, -0.05) is 22.9 Å². The van der Waals surface area contributed by atoms with Gasteiger partial charge in [-0.2, -0.15) is 0 Å². The predicted octanol–water partition coefficient (Wildman–Crippen LogP) is 3.38. The summed E-state index contributed by atoms with van der Waals surface area (Å²) >= 11 is 9.16. The molecule has 1 aliphatic rings. The zero-order valence-electron chi connectivity index (χ0n) is 5.44. The van der Waals surface area contributed by atoms with E-state index >= 15 is 0 Å². The minimum absolute atomic E-state index is 0.0147. The van der Waals surface area contributed by atoms with Crippen molar-refractivity contribution in [2.75, 3.05) is 0 Å². The minimum Gasteiger partial charge on any atom is -0.207 e. The Morgan fingerprint density at radius 1 is 1.80 bits per heavy atom. The fraction of sp³-hybridized carbons (Fsp3) is 0.429. The molecule has 0 saturated heterocycles. The molecule has 0 spiro atoms. The summed E-state index contributed by atoms with van der Waals surface area (Å²) in [7, 11) is 0. The first-order valence-electron chi connectivity index (χ1n) is 2.97. The zero-order chi connectivity index (χ0) is 7.78. The van der Waals surface area contributed by atoms with E-state index < -0.39 is 3.78 Å². The maximum Gasteiger partial charge on any atom is 0.124 e. The molecular weight excluding hydrogens is 218 g/mol. The van der Waals surface area contributed by atoms with Crippen LogP contribution in [0.2, 0.25) is 0 Å². The summed E-state index contributed by atoms with van der Waals surface area (Å²) in [6, 6.07) is 0. The highest BCUT2D eigenvalue weighted by Gasteiger charge is 2.29. The molecule has 2 atom stereocenters. The number of halogens is 3. The number of hydrogen-bond acceptors (Lipinski definition) is 0. The van der Waals surface area contributed by atoms with Crippen LogP contribution in [0.3, 0.4) is 0 Å². The zero-order valence-corrected chi connectivity index (χ0v) is 7.79. The van der Waals surface area contributed by atoms with Crippen molar-refractivity contribution in [1.29, 1.82) is 0 Å². The van der Waals surface area contributed by atoms with E-state index in [4.69, 9.17) is 11.6 Å². The first-order chi connectivity index (χ1) is 4.52. The van der Waals surface area contributed by atoms with E-state index in [2.05, 4.69) is 15.9 Å². The van der Waals surface area contributed by atoms with Gasteiger partial charge in [0.1, 0.15) is 9.61 Å². The third-order valence-electron chi connectivity index (χ3n) is 1.48. The van der Waals surface area contributed by atoms with Crippen molar-refractivity contribution in [2.45, 2.75) is 10.7 Å². The van der Waals surface area contributed by atoms with Crippen LogP contribution in [0, 0.1) is 5.92 Å². The molecule has 2 unspecified atom stereocenters. The molecule has 1 rings (SSSR count). The second kappa shape index (κ2) is 2.67. The Hall–Kier alpha value is 0.180. The molecule has 56 valence electrons. The summed E-state index contributed by atoms with van der Waals surface area (Å²) in [6.45, 7) is 1.85. The van der Waals surface area contributed by atoms with Gasteiger partial charge in [-0.15, -0.1) is 11.6 Å². The maximum absolute atomic E-state index is 12.5. The lowest BCUT2D eigenvalue weighted by Crippen LogP contribution is -2.20. The highest BCUT2D eigenvalue weighted by Crippen LogP contribution is 2.38. The molecule has 0 aromatic carbocycles. The molecule has 0 heterocycles. The average molecular weight is 225 g/mol. The SMILES string of the molecule is CC1C=C(F)C=CC1(Cl)Br. The topological polar surface area (TPSA) is 0 Å².